The van der Waals surface area contributed by atoms with Crippen molar-refractivity contribution in [3.8, 4) is 6.07 Å². The highest BCUT2D eigenvalue weighted by Gasteiger charge is 2.17. The molecule has 0 aliphatic rings. The molecule has 0 aliphatic carbocycles. The molecule has 140 valence electrons. The molecule has 0 aromatic heterocycles. The van der Waals surface area contributed by atoms with Gasteiger partial charge in [-0.05, 0) is 29.8 Å². The number of nitrogens with zero attached hydrogens (tertiary/aromatic N) is 1. The lowest BCUT2D eigenvalue weighted by Crippen LogP contribution is -2.37. The molecule has 0 saturated carbocycles. The van der Waals surface area contributed by atoms with Crippen LogP contribution < -0.4 is 10.6 Å². The molecule has 0 spiro atoms. The summed E-state index contributed by atoms with van der Waals surface area (Å²) in [5, 5.41) is 13.8. The average Bonchev–Trinajstić information content (AvgIpc) is 2.65. The molecule has 0 heterocycles. The molecule has 0 atom stereocenters. The van der Waals surface area contributed by atoms with Gasteiger partial charge in [0.1, 0.15) is 5.75 Å². The van der Waals surface area contributed by atoms with E-state index in [0.717, 1.165) is 0 Å². The fourth-order valence-corrected chi connectivity index (χ4v) is 3.60. The molecule has 0 bridgehead atoms. The van der Waals surface area contributed by atoms with Crippen LogP contribution in [0.2, 0.25) is 0 Å². The minimum absolute atomic E-state index is 0.129. The van der Waals surface area contributed by atoms with E-state index in [0.29, 0.717) is 16.7 Å². The summed E-state index contributed by atoms with van der Waals surface area (Å²) >= 11 is 0. The molecule has 0 radical (unpaired) electrons. The van der Waals surface area contributed by atoms with E-state index in [-0.39, 0.29) is 24.7 Å². The zero-order valence-electron chi connectivity index (χ0n) is 14.5. The fraction of sp³-hybridized carbons (Fsp3) is 0.211. The van der Waals surface area contributed by atoms with Gasteiger partial charge in [0.25, 0.3) is 5.91 Å². The lowest BCUT2D eigenvalue weighted by Gasteiger charge is -2.08. The van der Waals surface area contributed by atoms with Gasteiger partial charge < -0.3 is 10.6 Å². The van der Waals surface area contributed by atoms with Gasteiger partial charge >= 0.3 is 0 Å². The minimum Gasteiger partial charge on any atom is -0.353 e. The lowest BCUT2D eigenvalue weighted by molar-refractivity contribution is -0.118. The molecule has 7 nitrogen and oxygen atoms in total. The van der Waals surface area contributed by atoms with Crippen molar-refractivity contribution in [3.63, 3.8) is 0 Å². The molecule has 27 heavy (non-hydrogen) atoms. The van der Waals surface area contributed by atoms with Gasteiger partial charge in [-0.3, -0.25) is 9.59 Å². The first-order chi connectivity index (χ1) is 12.9. The second-order valence-corrected chi connectivity index (χ2v) is 7.88. The molecule has 0 saturated heterocycles. The van der Waals surface area contributed by atoms with E-state index >= 15 is 0 Å². The van der Waals surface area contributed by atoms with E-state index in [1.807, 2.05) is 6.07 Å². The molecule has 2 aromatic carbocycles. The summed E-state index contributed by atoms with van der Waals surface area (Å²) in [6.07, 6.45) is 0. The van der Waals surface area contributed by atoms with Crippen LogP contribution in [-0.2, 0) is 20.4 Å². The number of rotatable bonds is 8. The number of carbonyl (C=O) groups excluding carboxylic acids is 2. The Morgan fingerprint density at radius 3 is 2.19 bits per heavy atom. The smallest absolute Gasteiger partial charge is 0.251 e. The van der Waals surface area contributed by atoms with Crippen molar-refractivity contribution in [2.75, 3.05) is 18.8 Å². The maximum Gasteiger partial charge on any atom is 0.251 e. The topological polar surface area (TPSA) is 116 Å². The molecular formula is C19H19N3O4S. The van der Waals surface area contributed by atoms with Gasteiger partial charge in [-0.15, -0.1) is 0 Å². The zero-order chi connectivity index (χ0) is 19.7. The van der Waals surface area contributed by atoms with Crippen molar-refractivity contribution in [1.29, 1.82) is 5.26 Å². The quantitative estimate of drug-likeness (QED) is 0.658. The van der Waals surface area contributed by atoms with E-state index in [4.69, 9.17) is 5.26 Å². The summed E-state index contributed by atoms with van der Waals surface area (Å²) in [4.78, 5) is 23.6. The largest absolute Gasteiger partial charge is 0.353 e. The van der Waals surface area contributed by atoms with Crippen LogP contribution in [0.4, 0.5) is 0 Å². The number of hydrogen-bond donors (Lipinski definition) is 2. The first kappa shape index (κ1) is 20.1. The Balaban J connectivity index is 1.74. The third-order valence-electron chi connectivity index (χ3n) is 3.59. The summed E-state index contributed by atoms with van der Waals surface area (Å²) in [6, 6.07) is 16.7. The van der Waals surface area contributed by atoms with Crippen molar-refractivity contribution in [2.24, 2.45) is 0 Å². The highest BCUT2D eigenvalue weighted by atomic mass is 32.2. The van der Waals surface area contributed by atoms with E-state index in [1.165, 1.54) is 12.1 Å². The summed E-state index contributed by atoms with van der Waals surface area (Å²) in [6.45, 7) is 0.318. The van der Waals surface area contributed by atoms with Crippen molar-refractivity contribution < 1.29 is 18.0 Å². The average molecular weight is 385 g/mol. The van der Waals surface area contributed by atoms with E-state index in [1.54, 1.807) is 42.5 Å². The Morgan fingerprint density at radius 1 is 0.926 bits per heavy atom. The Kier molecular flexibility index (Phi) is 7.08. The molecule has 8 heteroatoms. The van der Waals surface area contributed by atoms with Gasteiger partial charge in [-0.25, -0.2) is 8.42 Å². The lowest BCUT2D eigenvalue weighted by atomic mass is 10.2. The number of amides is 2. The van der Waals surface area contributed by atoms with Gasteiger partial charge in [0.2, 0.25) is 5.91 Å². The number of nitriles is 1. The number of sulfone groups is 1. The molecule has 0 unspecified atom stereocenters. The van der Waals surface area contributed by atoms with Gasteiger partial charge in [-0.1, -0.05) is 30.3 Å². The van der Waals surface area contributed by atoms with Crippen LogP contribution in [0.1, 0.15) is 21.5 Å². The third-order valence-corrected chi connectivity index (χ3v) is 5.06. The number of hydrogen-bond acceptors (Lipinski definition) is 5. The van der Waals surface area contributed by atoms with Gasteiger partial charge in [-0.2, -0.15) is 5.26 Å². The highest BCUT2D eigenvalue weighted by Crippen LogP contribution is 2.08. The fourth-order valence-electron chi connectivity index (χ4n) is 2.30. The second kappa shape index (κ2) is 9.50. The summed E-state index contributed by atoms with van der Waals surface area (Å²) in [5.41, 5.74) is 1.46. The Morgan fingerprint density at radius 2 is 1.56 bits per heavy atom. The van der Waals surface area contributed by atoms with E-state index in [9.17, 15) is 18.0 Å². The second-order valence-electron chi connectivity index (χ2n) is 5.81. The van der Waals surface area contributed by atoms with Crippen molar-refractivity contribution in [1.82, 2.24) is 10.6 Å². The van der Waals surface area contributed by atoms with E-state index < -0.39 is 21.5 Å². The van der Waals surface area contributed by atoms with Crippen LogP contribution in [-0.4, -0.2) is 39.1 Å². The van der Waals surface area contributed by atoms with Crippen molar-refractivity contribution in [3.05, 3.63) is 71.3 Å². The van der Waals surface area contributed by atoms with Crippen LogP contribution in [0.5, 0.6) is 0 Å². The number of nitrogens with one attached hydrogen (secondary N) is 2. The molecule has 2 N–H and O–H groups in total. The molecule has 0 fully saturated rings. The van der Waals surface area contributed by atoms with Crippen LogP contribution in [0.15, 0.2) is 54.6 Å². The van der Waals surface area contributed by atoms with E-state index in [2.05, 4.69) is 10.6 Å². The molecule has 2 amide bonds. The molecular weight excluding hydrogens is 366 g/mol. The predicted octanol–water partition coefficient (Wildman–Crippen LogP) is 1.02. The van der Waals surface area contributed by atoms with Crippen molar-refractivity contribution in [2.45, 2.75) is 5.75 Å². The summed E-state index contributed by atoms with van der Waals surface area (Å²) in [7, 11) is -3.63. The zero-order valence-corrected chi connectivity index (χ0v) is 15.3. The van der Waals surface area contributed by atoms with Gasteiger partial charge in [0.05, 0.1) is 17.4 Å². The first-order valence-electron chi connectivity index (χ1n) is 8.19. The standard InChI is InChI=1S/C19H19N3O4S/c20-12-15-6-8-16(9-7-15)13-27(25,26)14-18(23)21-10-11-22-19(24)17-4-2-1-3-5-17/h1-9H,10-11,13-14H2,(H,21,23)(H,22,24). The van der Waals surface area contributed by atoms with Crippen LogP contribution in [0.3, 0.4) is 0 Å². The summed E-state index contributed by atoms with van der Waals surface area (Å²) < 4.78 is 24.2. The summed E-state index contributed by atoms with van der Waals surface area (Å²) in [5.74, 6) is -1.81. The van der Waals surface area contributed by atoms with Crippen LogP contribution in [0.25, 0.3) is 0 Å². The minimum atomic E-state index is -3.63. The van der Waals surface area contributed by atoms with Gasteiger partial charge in [0.15, 0.2) is 9.84 Å². The monoisotopic (exact) mass is 385 g/mol. The maximum atomic E-state index is 12.1. The number of carbonyl (C=O) groups is 2. The molecule has 0 aliphatic heterocycles. The van der Waals surface area contributed by atoms with Gasteiger partial charge in [0, 0.05) is 18.7 Å². The molecule has 2 aromatic rings. The Bertz CT molecular complexity index is 933. The van der Waals surface area contributed by atoms with Crippen molar-refractivity contribution >= 4 is 21.7 Å². The molecule has 2 rings (SSSR count). The normalized spacial score (nSPS) is 10.6. The van der Waals surface area contributed by atoms with Crippen LogP contribution >= 0.6 is 0 Å². The predicted molar refractivity (Wildman–Crippen MR) is 100 cm³/mol. The Hall–Kier alpha value is -3.18. The SMILES string of the molecule is N#Cc1ccc(CS(=O)(=O)CC(=O)NCCNC(=O)c2ccccc2)cc1. The highest BCUT2D eigenvalue weighted by molar-refractivity contribution is 7.91. The third kappa shape index (κ3) is 6.92. The number of benzene rings is 2. The Labute approximate surface area is 157 Å². The maximum absolute atomic E-state index is 12.1. The first-order valence-corrected chi connectivity index (χ1v) is 10.0. The van der Waals surface area contributed by atoms with Crippen LogP contribution in [0, 0.1) is 11.3 Å².